The third-order valence-electron chi connectivity index (χ3n) is 7.30. The first-order valence-corrected chi connectivity index (χ1v) is 18.9. The van der Waals surface area contributed by atoms with Crippen LogP contribution >= 0.6 is 69.6 Å². The molecule has 0 unspecified atom stereocenters. The first-order chi connectivity index (χ1) is 25.8. The summed E-state index contributed by atoms with van der Waals surface area (Å²) in [5.74, 6) is 0.656. The highest BCUT2D eigenvalue weighted by molar-refractivity contribution is 6.66. The summed E-state index contributed by atoms with van der Waals surface area (Å²) >= 11 is 32.9. The average molecular weight is 859 g/mol. The summed E-state index contributed by atoms with van der Waals surface area (Å²) in [5, 5.41) is 21.4. The first-order valence-electron chi connectivity index (χ1n) is 16.7. The molecule has 0 aliphatic rings. The molecule has 0 radical (unpaired) electrons. The Hall–Kier alpha value is -3.16. The van der Waals surface area contributed by atoms with Gasteiger partial charge >= 0.3 is 19.7 Å². The first kappa shape index (κ1) is 45.2. The number of hydrogen-bond acceptors (Lipinski definition) is 7. The van der Waals surface area contributed by atoms with E-state index in [0.29, 0.717) is 31.4 Å². The van der Waals surface area contributed by atoms with E-state index in [1.807, 2.05) is 68.4 Å². The second kappa shape index (κ2) is 23.0. The standard InChI is InChI=1S/C22H21BO3.2C8H9Cl3NO2/c24-23(25)26-18-10-17-22(19-11-4-1-5-12-19,20-13-6-2-7-14-20)21-15-8-3-9-16-21;2*1-2-13-12-6-4-3-5-7(12)14-8(9,10)11/h1-9,11-16H,10,17-18H2;2*3-6H,2H2,1H3/q-2;2*+1. The molecule has 16 heteroatoms. The maximum absolute atomic E-state index is 10.7. The number of pyridine rings is 2. The van der Waals surface area contributed by atoms with Gasteiger partial charge in [0.1, 0.15) is 0 Å². The lowest BCUT2D eigenvalue weighted by Gasteiger charge is -2.37. The van der Waals surface area contributed by atoms with Crippen LogP contribution in [0.15, 0.2) is 140 Å². The molecule has 0 aliphatic carbocycles. The van der Waals surface area contributed by atoms with Gasteiger partial charge in [-0.1, -0.05) is 91.0 Å². The van der Waals surface area contributed by atoms with Gasteiger partial charge in [0, 0.05) is 33.6 Å². The normalized spacial score (nSPS) is 11.2. The Morgan fingerprint density at radius 3 is 1.20 bits per heavy atom. The molecule has 2 aromatic heterocycles. The van der Waals surface area contributed by atoms with Crippen molar-refractivity contribution < 1.29 is 43.3 Å². The van der Waals surface area contributed by atoms with Crippen LogP contribution in [-0.4, -0.2) is 35.1 Å². The predicted molar refractivity (Wildman–Crippen MR) is 209 cm³/mol. The van der Waals surface area contributed by atoms with Crippen molar-refractivity contribution in [2.45, 2.75) is 40.1 Å². The van der Waals surface area contributed by atoms with E-state index in [1.165, 1.54) is 26.2 Å². The number of aromatic nitrogens is 2. The van der Waals surface area contributed by atoms with Crippen LogP contribution in [0.25, 0.3) is 0 Å². The maximum atomic E-state index is 10.7. The highest BCUT2D eigenvalue weighted by Gasteiger charge is 2.35. The number of alkyl halides is 6. The topological polar surface area (TPSA) is 100 Å². The van der Waals surface area contributed by atoms with Crippen LogP contribution in [0.3, 0.4) is 0 Å². The number of nitrogens with zero attached hydrogens (tertiary/aromatic N) is 2. The van der Waals surface area contributed by atoms with Crippen molar-refractivity contribution >= 4 is 76.9 Å². The minimum atomic E-state index is -2.23. The van der Waals surface area contributed by atoms with Crippen molar-refractivity contribution in [3.05, 3.63) is 156 Å². The van der Waals surface area contributed by atoms with Crippen molar-refractivity contribution in [2.75, 3.05) is 19.8 Å². The number of rotatable bonds is 14. The van der Waals surface area contributed by atoms with E-state index in [-0.39, 0.29) is 12.0 Å². The van der Waals surface area contributed by atoms with Crippen LogP contribution in [0, 0.1) is 0 Å². The Morgan fingerprint density at radius 1 is 0.537 bits per heavy atom. The zero-order valence-corrected chi connectivity index (χ0v) is 33.9. The van der Waals surface area contributed by atoms with Crippen LogP contribution in [0.5, 0.6) is 11.8 Å². The Morgan fingerprint density at radius 2 is 0.889 bits per heavy atom. The molecule has 5 aromatic rings. The number of hydrogen-bond donors (Lipinski definition) is 0. The summed E-state index contributed by atoms with van der Waals surface area (Å²) in [4.78, 5) is 10.4. The lowest BCUT2D eigenvalue weighted by molar-refractivity contribution is -0.892. The molecule has 0 saturated carbocycles. The van der Waals surface area contributed by atoms with E-state index >= 15 is 0 Å². The van der Waals surface area contributed by atoms with Crippen LogP contribution in [-0.2, 0) is 10.1 Å². The van der Waals surface area contributed by atoms with Crippen molar-refractivity contribution in [1.82, 2.24) is 0 Å². The molecule has 5 rings (SSSR count). The molecule has 0 bridgehead atoms. The number of halogens is 6. The van der Waals surface area contributed by atoms with Gasteiger partial charge < -0.3 is 24.2 Å². The molecule has 3 aromatic carbocycles. The molecule has 0 spiro atoms. The smallest absolute Gasteiger partial charge is 0.420 e. The highest BCUT2D eigenvalue weighted by Crippen LogP contribution is 2.43. The summed E-state index contributed by atoms with van der Waals surface area (Å²) in [5.41, 5.74) is 3.17. The molecule has 2 heterocycles. The molecule has 54 heavy (non-hydrogen) atoms. The summed E-state index contributed by atoms with van der Waals surface area (Å²) < 4.78 is 14.0. The van der Waals surface area contributed by atoms with Crippen molar-refractivity contribution in [3.8, 4) is 11.8 Å². The van der Waals surface area contributed by atoms with Crippen molar-refractivity contribution in [2.24, 2.45) is 0 Å². The molecule has 0 amide bonds. The summed E-state index contributed by atoms with van der Waals surface area (Å²) in [6, 6.07) is 41.4. The van der Waals surface area contributed by atoms with Gasteiger partial charge in [0.25, 0.3) is 0 Å². The Bertz CT molecular complexity index is 1610. The number of benzene rings is 3. The molecular formula is C38H39BCl6N2O7. The summed E-state index contributed by atoms with van der Waals surface area (Å²) in [6.07, 6.45) is 4.67. The fraction of sp³-hybridized carbons (Fsp3) is 0.263. The van der Waals surface area contributed by atoms with Crippen LogP contribution in [0.2, 0.25) is 0 Å². The fourth-order valence-electron chi connectivity index (χ4n) is 5.33. The van der Waals surface area contributed by atoms with Gasteiger partial charge in [-0.3, -0.25) is 9.68 Å². The minimum absolute atomic E-state index is 0.159. The largest absolute Gasteiger partial charge is 0.871 e. The van der Waals surface area contributed by atoms with E-state index in [0.717, 1.165) is 6.42 Å². The van der Waals surface area contributed by atoms with Gasteiger partial charge in [0.2, 0.25) is 12.4 Å². The van der Waals surface area contributed by atoms with E-state index < -0.39 is 15.3 Å². The van der Waals surface area contributed by atoms with Gasteiger partial charge in [-0.15, -0.1) is 0 Å². The molecule has 288 valence electrons. The number of ether oxygens (including phenoxy) is 2. The molecule has 9 nitrogen and oxygen atoms in total. The zero-order chi connectivity index (χ0) is 39.5. The SMILES string of the molecule is CCO[n+]1ccccc1OC(Cl)(Cl)Cl.CCO[n+]1ccccc1OC(Cl)(Cl)Cl.[O-]B([O-])OCCCC(c1ccccc1)(c1ccccc1)c1ccccc1. The summed E-state index contributed by atoms with van der Waals surface area (Å²) in [6.45, 7) is 4.83. The molecule has 0 aliphatic heterocycles. The highest BCUT2D eigenvalue weighted by atomic mass is 35.6. The molecule has 0 N–H and O–H groups in total. The third-order valence-corrected chi connectivity index (χ3v) is 7.77. The second-order valence-electron chi connectivity index (χ2n) is 10.9. The van der Waals surface area contributed by atoms with Gasteiger partial charge in [-0.25, -0.2) is 0 Å². The van der Waals surface area contributed by atoms with Crippen molar-refractivity contribution in [1.29, 1.82) is 0 Å². The van der Waals surface area contributed by atoms with Crippen LogP contribution < -0.4 is 38.7 Å². The Labute approximate surface area is 346 Å². The quantitative estimate of drug-likeness (QED) is 0.0400. The second-order valence-corrected chi connectivity index (χ2v) is 15.3. The van der Waals surface area contributed by atoms with Crippen LogP contribution in [0.4, 0.5) is 0 Å². The van der Waals surface area contributed by atoms with Gasteiger partial charge in [0.05, 0.1) is 19.5 Å². The minimum Gasteiger partial charge on any atom is -0.871 e. The molecule has 0 saturated heterocycles. The maximum Gasteiger partial charge on any atom is 0.420 e. The molecule has 0 fully saturated rings. The fourth-order valence-corrected chi connectivity index (χ4v) is 5.80. The Balaban J connectivity index is 0.000000238. The van der Waals surface area contributed by atoms with E-state index in [9.17, 15) is 10.0 Å². The monoisotopic (exact) mass is 856 g/mol. The van der Waals surface area contributed by atoms with E-state index in [4.69, 9.17) is 93.4 Å². The van der Waals surface area contributed by atoms with E-state index in [1.54, 1.807) is 48.8 Å². The van der Waals surface area contributed by atoms with Crippen LogP contribution in [0.1, 0.15) is 43.4 Å². The molecular weight excluding hydrogens is 820 g/mol. The third kappa shape index (κ3) is 15.5. The lowest BCUT2D eigenvalue weighted by atomic mass is 9.67. The average Bonchev–Trinajstić information content (AvgIpc) is 3.14. The van der Waals surface area contributed by atoms with Crippen molar-refractivity contribution in [3.63, 3.8) is 0 Å². The van der Waals surface area contributed by atoms with Gasteiger partial charge in [-0.05, 0) is 125 Å². The molecule has 0 atom stereocenters. The van der Waals surface area contributed by atoms with Gasteiger partial charge in [-0.2, -0.15) is 0 Å². The Kier molecular flexibility index (Phi) is 19.3. The van der Waals surface area contributed by atoms with Gasteiger partial charge in [0.15, 0.2) is 13.2 Å². The van der Waals surface area contributed by atoms with E-state index in [2.05, 4.69) is 36.4 Å². The lowest BCUT2D eigenvalue weighted by Crippen LogP contribution is -2.48. The predicted octanol–water partition coefficient (Wildman–Crippen LogP) is 6.78. The zero-order valence-electron chi connectivity index (χ0n) is 29.4. The summed E-state index contributed by atoms with van der Waals surface area (Å²) in [7, 11) is -2.23.